The number of likely N-dealkylation sites (tertiary alicyclic amines) is 1. The van der Waals surface area contributed by atoms with Gasteiger partial charge in [0.2, 0.25) is 5.91 Å². The molecule has 0 saturated carbocycles. The SMILES string of the molecule is CCOCC1CCCN1C(=O)/C=C/c1cc(CO)cs1. The van der Waals surface area contributed by atoms with Crippen LogP contribution in [0, 0.1) is 0 Å². The Balaban J connectivity index is 1.93. The Morgan fingerprint density at radius 2 is 2.50 bits per heavy atom. The molecule has 2 heterocycles. The third-order valence-electron chi connectivity index (χ3n) is 3.42. The monoisotopic (exact) mass is 295 g/mol. The average Bonchev–Trinajstić information content (AvgIpc) is 3.11. The lowest BCUT2D eigenvalue weighted by Gasteiger charge is -2.23. The van der Waals surface area contributed by atoms with Crippen LogP contribution in [0.25, 0.3) is 6.08 Å². The van der Waals surface area contributed by atoms with Crippen molar-refractivity contribution in [3.8, 4) is 0 Å². The van der Waals surface area contributed by atoms with Crippen molar-refractivity contribution in [1.29, 1.82) is 0 Å². The minimum absolute atomic E-state index is 0.0425. The van der Waals surface area contributed by atoms with Gasteiger partial charge in [-0.15, -0.1) is 11.3 Å². The summed E-state index contributed by atoms with van der Waals surface area (Å²) in [5, 5.41) is 10.9. The van der Waals surface area contributed by atoms with Gasteiger partial charge in [0.15, 0.2) is 0 Å². The van der Waals surface area contributed by atoms with Crippen molar-refractivity contribution < 1.29 is 14.6 Å². The van der Waals surface area contributed by atoms with E-state index in [9.17, 15) is 4.79 Å². The predicted molar refractivity (Wildman–Crippen MR) is 80.5 cm³/mol. The van der Waals surface area contributed by atoms with E-state index in [1.165, 1.54) is 11.3 Å². The van der Waals surface area contributed by atoms with Crippen molar-refractivity contribution in [2.75, 3.05) is 19.8 Å². The van der Waals surface area contributed by atoms with Crippen molar-refractivity contribution in [2.45, 2.75) is 32.4 Å². The number of nitrogens with zero attached hydrogens (tertiary/aromatic N) is 1. The summed E-state index contributed by atoms with van der Waals surface area (Å²) < 4.78 is 5.43. The Bertz CT molecular complexity index is 469. The number of aliphatic hydroxyl groups is 1. The minimum Gasteiger partial charge on any atom is -0.392 e. The van der Waals surface area contributed by atoms with Gasteiger partial charge in [0.25, 0.3) is 0 Å². The number of carbonyl (C=O) groups is 1. The van der Waals surface area contributed by atoms with E-state index in [2.05, 4.69) is 0 Å². The van der Waals surface area contributed by atoms with Crippen LogP contribution in [0.5, 0.6) is 0 Å². The van der Waals surface area contributed by atoms with Gasteiger partial charge in [-0.3, -0.25) is 4.79 Å². The summed E-state index contributed by atoms with van der Waals surface area (Å²) in [6, 6.07) is 2.11. The van der Waals surface area contributed by atoms with Gasteiger partial charge in [-0.05, 0) is 42.9 Å². The molecule has 1 fully saturated rings. The molecule has 1 unspecified atom stereocenters. The van der Waals surface area contributed by atoms with Crippen LogP contribution in [0.1, 0.15) is 30.2 Å². The van der Waals surface area contributed by atoms with Crippen LogP contribution in [0.2, 0.25) is 0 Å². The maximum Gasteiger partial charge on any atom is 0.246 e. The first-order chi connectivity index (χ1) is 9.74. The van der Waals surface area contributed by atoms with Crippen molar-refractivity contribution in [3.05, 3.63) is 28.0 Å². The highest BCUT2D eigenvalue weighted by Crippen LogP contribution is 2.20. The number of rotatable bonds is 6. The van der Waals surface area contributed by atoms with E-state index in [1.54, 1.807) is 6.08 Å². The van der Waals surface area contributed by atoms with Crippen molar-refractivity contribution in [3.63, 3.8) is 0 Å². The van der Waals surface area contributed by atoms with Gasteiger partial charge in [-0.2, -0.15) is 0 Å². The number of hydrogen-bond donors (Lipinski definition) is 1. The molecule has 0 bridgehead atoms. The van der Waals surface area contributed by atoms with Crippen LogP contribution in [0.15, 0.2) is 17.5 Å². The molecule has 1 aliphatic rings. The second kappa shape index (κ2) is 7.57. The van der Waals surface area contributed by atoms with Crippen LogP contribution in [0.3, 0.4) is 0 Å². The smallest absolute Gasteiger partial charge is 0.246 e. The summed E-state index contributed by atoms with van der Waals surface area (Å²) in [5.74, 6) is 0.0474. The normalized spacial score (nSPS) is 19.1. The molecule has 1 aromatic rings. The molecular formula is C15H21NO3S. The third kappa shape index (κ3) is 3.91. The summed E-state index contributed by atoms with van der Waals surface area (Å²) in [4.78, 5) is 15.1. The average molecular weight is 295 g/mol. The fourth-order valence-corrected chi connectivity index (χ4v) is 3.16. The molecule has 0 aromatic carbocycles. The number of aliphatic hydroxyl groups excluding tert-OH is 1. The van der Waals surface area contributed by atoms with E-state index >= 15 is 0 Å². The molecule has 0 aliphatic carbocycles. The molecule has 110 valence electrons. The number of amides is 1. The van der Waals surface area contributed by atoms with E-state index in [0.29, 0.717) is 13.2 Å². The van der Waals surface area contributed by atoms with Crippen LogP contribution in [-0.4, -0.2) is 41.7 Å². The Morgan fingerprint density at radius 3 is 3.20 bits per heavy atom. The molecule has 20 heavy (non-hydrogen) atoms. The molecule has 4 nitrogen and oxygen atoms in total. The molecule has 1 amide bonds. The van der Waals surface area contributed by atoms with Crippen molar-refractivity contribution in [2.24, 2.45) is 0 Å². The molecule has 2 rings (SSSR count). The van der Waals surface area contributed by atoms with Gasteiger partial charge in [-0.25, -0.2) is 0 Å². The zero-order valence-corrected chi connectivity index (χ0v) is 12.6. The van der Waals surface area contributed by atoms with Crippen LogP contribution >= 0.6 is 11.3 Å². The Hall–Kier alpha value is -1.17. The Kier molecular flexibility index (Phi) is 5.76. The second-order valence-corrected chi connectivity index (χ2v) is 5.78. The first kappa shape index (κ1) is 15.2. The van der Waals surface area contributed by atoms with Gasteiger partial charge >= 0.3 is 0 Å². The Morgan fingerprint density at radius 1 is 1.65 bits per heavy atom. The number of ether oxygens (including phenoxy) is 1. The highest BCUT2D eigenvalue weighted by molar-refractivity contribution is 7.11. The van der Waals surface area contributed by atoms with E-state index in [-0.39, 0.29) is 18.6 Å². The highest BCUT2D eigenvalue weighted by Gasteiger charge is 2.27. The van der Waals surface area contributed by atoms with Crippen LogP contribution in [0.4, 0.5) is 0 Å². The fourth-order valence-electron chi connectivity index (χ4n) is 2.37. The molecule has 1 aromatic heterocycles. The standard InChI is InChI=1S/C15H21NO3S/c1-2-19-10-13-4-3-7-16(13)15(18)6-5-14-8-12(9-17)11-20-14/h5-6,8,11,13,17H,2-4,7,9-10H2,1H3/b6-5+. The maximum absolute atomic E-state index is 12.2. The second-order valence-electron chi connectivity index (χ2n) is 4.84. The van der Waals surface area contributed by atoms with Crippen molar-refractivity contribution >= 4 is 23.3 Å². The molecular weight excluding hydrogens is 274 g/mol. The largest absolute Gasteiger partial charge is 0.392 e. The summed E-state index contributed by atoms with van der Waals surface area (Å²) >= 11 is 1.53. The zero-order chi connectivity index (χ0) is 14.4. The molecule has 0 radical (unpaired) electrons. The lowest BCUT2D eigenvalue weighted by atomic mass is 10.2. The quantitative estimate of drug-likeness (QED) is 0.819. The zero-order valence-electron chi connectivity index (χ0n) is 11.7. The molecule has 0 spiro atoms. The first-order valence-electron chi connectivity index (χ1n) is 6.99. The summed E-state index contributed by atoms with van der Waals surface area (Å²) in [6.07, 6.45) is 5.51. The van der Waals surface area contributed by atoms with E-state index < -0.39 is 0 Å². The van der Waals surface area contributed by atoms with Gasteiger partial charge in [0, 0.05) is 24.1 Å². The summed E-state index contributed by atoms with van der Waals surface area (Å²) in [5.41, 5.74) is 0.887. The minimum atomic E-state index is 0.0425. The molecule has 1 atom stereocenters. The third-order valence-corrected chi connectivity index (χ3v) is 4.37. The van der Waals surface area contributed by atoms with E-state index in [1.807, 2.05) is 29.3 Å². The lowest BCUT2D eigenvalue weighted by molar-refractivity contribution is -0.127. The molecule has 1 saturated heterocycles. The van der Waals surface area contributed by atoms with Gasteiger partial charge in [0.05, 0.1) is 19.3 Å². The number of hydrogen-bond acceptors (Lipinski definition) is 4. The van der Waals surface area contributed by atoms with Gasteiger partial charge in [0.1, 0.15) is 0 Å². The maximum atomic E-state index is 12.2. The van der Waals surface area contributed by atoms with Crippen LogP contribution in [-0.2, 0) is 16.1 Å². The number of thiophene rings is 1. The fraction of sp³-hybridized carbons (Fsp3) is 0.533. The molecule has 1 N–H and O–H groups in total. The lowest BCUT2D eigenvalue weighted by Crippen LogP contribution is -2.37. The van der Waals surface area contributed by atoms with E-state index in [4.69, 9.17) is 9.84 Å². The molecule has 1 aliphatic heterocycles. The summed E-state index contributed by atoms with van der Waals surface area (Å²) in [7, 11) is 0. The Labute approximate surface area is 123 Å². The molecule has 5 heteroatoms. The number of carbonyl (C=O) groups excluding carboxylic acids is 1. The first-order valence-corrected chi connectivity index (χ1v) is 7.87. The summed E-state index contributed by atoms with van der Waals surface area (Å²) in [6.45, 7) is 4.14. The predicted octanol–water partition coefficient (Wildman–Crippen LogP) is 2.28. The van der Waals surface area contributed by atoms with Gasteiger partial charge < -0.3 is 14.7 Å². The highest BCUT2D eigenvalue weighted by atomic mass is 32.1. The van der Waals surface area contributed by atoms with Crippen molar-refractivity contribution in [1.82, 2.24) is 4.90 Å². The van der Waals surface area contributed by atoms with E-state index in [0.717, 1.165) is 29.8 Å². The van der Waals surface area contributed by atoms with Gasteiger partial charge in [-0.1, -0.05) is 0 Å². The topological polar surface area (TPSA) is 49.8 Å². The van der Waals surface area contributed by atoms with Crippen LogP contribution < -0.4 is 0 Å².